The first-order valence-corrected chi connectivity index (χ1v) is 7.92. The SMILES string of the molecule is Cc1cc(NC(=O)C(C)(Cc2ccccc2)c2ccccc2)no1. The van der Waals surface area contributed by atoms with E-state index in [0.29, 0.717) is 18.0 Å². The Bertz CT molecular complexity index is 812. The van der Waals surface area contributed by atoms with Crippen LogP contribution in [-0.2, 0) is 16.6 Å². The van der Waals surface area contributed by atoms with Crippen molar-refractivity contribution in [1.29, 1.82) is 0 Å². The lowest BCUT2D eigenvalue weighted by Gasteiger charge is -2.28. The Labute approximate surface area is 141 Å². The number of nitrogens with zero attached hydrogens (tertiary/aromatic N) is 1. The predicted molar refractivity (Wildman–Crippen MR) is 93.8 cm³/mol. The molecule has 1 heterocycles. The molecule has 1 N–H and O–H groups in total. The van der Waals surface area contributed by atoms with Crippen molar-refractivity contribution >= 4 is 11.7 Å². The zero-order valence-corrected chi connectivity index (χ0v) is 13.8. The molecule has 24 heavy (non-hydrogen) atoms. The van der Waals surface area contributed by atoms with Gasteiger partial charge in [0.1, 0.15) is 5.76 Å². The number of aryl methyl sites for hydroxylation is 1. The fourth-order valence-corrected chi connectivity index (χ4v) is 2.80. The fourth-order valence-electron chi connectivity index (χ4n) is 2.80. The van der Waals surface area contributed by atoms with Gasteiger partial charge >= 0.3 is 0 Å². The highest BCUT2D eigenvalue weighted by molar-refractivity contribution is 5.98. The monoisotopic (exact) mass is 320 g/mol. The molecule has 0 fully saturated rings. The quantitative estimate of drug-likeness (QED) is 0.769. The van der Waals surface area contributed by atoms with Crippen LogP contribution in [0, 0.1) is 6.92 Å². The van der Waals surface area contributed by atoms with Gasteiger partial charge in [-0.05, 0) is 31.4 Å². The molecular formula is C20H20N2O2. The Morgan fingerprint density at radius 3 is 2.29 bits per heavy atom. The van der Waals surface area contributed by atoms with Crippen molar-refractivity contribution in [1.82, 2.24) is 5.16 Å². The average molecular weight is 320 g/mol. The van der Waals surface area contributed by atoms with Gasteiger partial charge in [-0.15, -0.1) is 0 Å². The summed E-state index contributed by atoms with van der Waals surface area (Å²) >= 11 is 0. The molecule has 0 spiro atoms. The second-order valence-electron chi connectivity index (χ2n) is 6.14. The summed E-state index contributed by atoms with van der Waals surface area (Å²) in [5, 5.41) is 6.74. The molecule has 4 nitrogen and oxygen atoms in total. The second-order valence-corrected chi connectivity index (χ2v) is 6.14. The topological polar surface area (TPSA) is 55.1 Å². The van der Waals surface area contributed by atoms with E-state index in [0.717, 1.165) is 11.1 Å². The predicted octanol–water partition coefficient (Wildman–Crippen LogP) is 4.12. The number of amides is 1. The first-order valence-electron chi connectivity index (χ1n) is 7.92. The van der Waals surface area contributed by atoms with E-state index in [1.807, 2.05) is 67.6 Å². The van der Waals surface area contributed by atoms with Gasteiger partial charge in [0, 0.05) is 6.07 Å². The molecule has 3 rings (SSSR count). The minimum absolute atomic E-state index is 0.106. The zero-order chi connectivity index (χ0) is 17.0. The van der Waals surface area contributed by atoms with Crippen molar-refractivity contribution in [3.63, 3.8) is 0 Å². The zero-order valence-electron chi connectivity index (χ0n) is 13.8. The molecule has 1 unspecified atom stereocenters. The molecule has 0 bridgehead atoms. The Morgan fingerprint density at radius 1 is 1.08 bits per heavy atom. The molecule has 0 aliphatic rings. The number of aromatic nitrogens is 1. The first-order chi connectivity index (χ1) is 11.6. The molecule has 0 radical (unpaired) electrons. The van der Waals surface area contributed by atoms with Crippen LogP contribution < -0.4 is 5.32 Å². The summed E-state index contributed by atoms with van der Waals surface area (Å²) in [4.78, 5) is 13.1. The molecule has 1 aromatic heterocycles. The normalized spacial score (nSPS) is 13.2. The molecule has 4 heteroatoms. The fraction of sp³-hybridized carbons (Fsp3) is 0.200. The van der Waals surface area contributed by atoms with E-state index < -0.39 is 5.41 Å². The second kappa shape index (κ2) is 6.71. The maximum absolute atomic E-state index is 13.1. The number of hydrogen-bond acceptors (Lipinski definition) is 3. The average Bonchev–Trinajstić information content (AvgIpc) is 3.01. The summed E-state index contributed by atoms with van der Waals surface area (Å²) in [7, 11) is 0. The van der Waals surface area contributed by atoms with Crippen molar-refractivity contribution in [3.05, 3.63) is 83.6 Å². The van der Waals surface area contributed by atoms with Crippen molar-refractivity contribution in [2.24, 2.45) is 0 Å². The maximum atomic E-state index is 13.1. The lowest BCUT2D eigenvalue weighted by Crippen LogP contribution is -2.39. The number of carbonyl (C=O) groups excluding carboxylic acids is 1. The summed E-state index contributed by atoms with van der Waals surface area (Å²) in [5.41, 5.74) is 1.36. The van der Waals surface area contributed by atoms with Gasteiger partial charge in [-0.2, -0.15) is 0 Å². The maximum Gasteiger partial charge on any atom is 0.236 e. The molecule has 0 aliphatic carbocycles. The van der Waals surface area contributed by atoms with E-state index in [1.54, 1.807) is 13.0 Å². The van der Waals surface area contributed by atoms with Gasteiger partial charge in [0.2, 0.25) is 5.91 Å². The van der Waals surface area contributed by atoms with E-state index in [4.69, 9.17) is 4.52 Å². The van der Waals surface area contributed by atoms with Crippen LogP contribution in [0.3, 0.4) is 0 Å². The summed E-state index contributed by atoms with van der Waals surface area (Å²) in [6.07, 6.45) is 0.598. The molecule has 3 aromatic rings. The highest BCUT2D eigenvalue weighted by Gasteiger charge is 2.35. The standard InChI is InChI=1S/C20H20N2O2/c1-15-13-18(22-24-15)21-19(23)20(2,17-11-7-4-8-12-17)14-16-9-5-3-6-10-16/h3-13H,14H2,1-2H3,(H,21,22,23). The lowest BCUT2D eigenvalue weighted by molar-refractivity contribution is -0.121. The van der Waals surface area contributed by atoms with Gasteiger partial charge in [-0.25, -0.2) is 0 Å². The van der Waals surface area contributed by atoms with E-state index in [1.165, 1.54) is 0 Å². The number of rotatable bonds is 5. The summed E-state index contributed by atoms with van der Waals surface area (Å²) in [6.45, 7) is 3.75. The van der Waals surface area contributed by atoms with Crippen LogP contribution in [0.2, 0.25) is 0 Å². The van der Waals surface area contributed by atoms with Crippen molar-refractivity contribution in [2.45, 2.75) is 25.7 Å². The molecule has 0 aliphatic heterocycles. The Kier molecular flexibility index (Phi) is 4.47. The molecule has 2 aromatic carbocycles. The third-order valence-electron chi connectivity index (χ3n) is 4.18. The molecular weight excluding hydrogens is 300 g/mol. The van der Waals surface area contributed by atoms with Crippen LogP contribution >= 0.6 is 0 Å². The summed E-state index contributed by atoms with van der Waals surface area (Å²) in [6, 6.07) is 21.5. The van der Waals surface area contributed by atoms with Gasteiger partial charge < -0.3 is 9.84 Å². The lowest BCUT2D eigenvalue weighted by atomic mass is 9.76. The number of nitrogens with one attached hydrogen (secondary N) is 1. The van der Waals surface area contributed by atoms with Crippen molar-refractivity contribution in [2.75, 3.05) is 5.32 Å². The number of benzene rings is 2. The van der Waals surface area contributed by atoms with Crippen LogP contribution in [-0.4, -0.2) is 11.1 Å². The largest absolute Gasteiger partial charge is 0.360 e. The van der Waals surface area contributed by atoms with E-state index in [9.17, 15) is 4.79 Å². The first kappa shape index (κ1) is 16.0. The van der Waals surface area contributed by atoms with Crippen LogP contribution in [0.4, 0.5) is 5.82 Å². The summed E-state index contributed by atoms with van der Waals surface area (Å²) < 4.78 is 5.04. The minimum atomic E-state index is -0.713. The minimum Gasteiger partial charge on any atom is -0.360 e. The van der Waals surface area contributed by atoms with Gasteiger partial charge in [0.25, 0.3) is 0 Å². The Hall–Kier alpha value is -2.88. The highest BCUT2D eigenvalue weighted by Crippen LogP contribution is 2.30. The van der Waals surface area contributed by atoms with Gasteiger partial charge in [0.15, 0.2) is 5.82 Å². The van der Waals surface area contributed by atoms with E-state index in [2.05, 4.69) is 10.5 Å². The Morgan fingerprint density at radius 2 is 1.71 bits per heavy atom. The van der Waals surface area contributed by atoms with Crippen LogP contribution in [0.1, 0.15) is 23.8 Å². The van der Waals surface area contributed by atoms with Crippen molar-refractivity contribution < 1.29 is 9.32 Å². The molecule has 122 valence electrons. The number of carbonyl (C=O) groups is 1. The highest BCUT2D eigenvalue weighted by atomic mass is 16.5. The third kappa shape index (κ3) is 3.38. The number of anilines is 1. The van der Waals surface area contributed by atoms with Crippen LogP contribution in [0.15, 0.2) is 71.3 Å². The van der Waals surface area contributed by atoms with Crippen LogP contribution in [0.25, 0.3) is 0 Å². The molecule has 0 saturated heterocycles. The van der Waals surface area contributed by atoms with Gasteiger partial charge in [-0.3, -0.25) is 4.79 Å². The number of hydrogen-bond donors (Lipinski definition) is 1. The van der Waals surface area contributed by atoms with Crippen LogP contribution in [0.5, 0.6) is 0 Å². The van der Waals surface area contributed by atoms with Gasteiger partial charge in [0.05, 0.1) is 5.41 Å². The van der Waals surface area contributed by atoms with Crippen molar-refractivity contribution in [3.8, 4) is 0 Å². The smallest absolute Gasteiger partial charge is 0.236 e. The Balaban J connectivity index is 1.93. The van der Waals surface area contributed by atoms with Gasteiger partial charge in [-0.1, -0.05) is 65.8 Å². The molecule has 1 amide bonds. The molecule has 0 saturated carbocycles. The third-order valence-corrected chi connectivity index (χ3v) is 4.18. The summed E-state index contributed by atoms with van der Waals surface area (Å²) in [5.74, 6) is 0.994. The van der Waals surface area contributed by atoms with E-state index >= 15 is 0 Å². The van der Waals surface area contributed by atoms with E-state index in [-0.39, 0.29) is 5.91 Å². The molecule has 1 atom stereocenters.